The van der Waals surface area contributed by atoms with E-state index in [9.17, 15) is 0 Å². The van der Waals surface area contributed by atoms with Crippen LogP contribution in [-0.2, 0) is 6.54 Å². The summed E-state index contributed by atoms with van der Waals surface area (Å²) in [6.07, 6.45) is 7.66. The largest absolute Gasteiger partial charge is 0.340 e. The van der Waals surface area contributed by atoms with E-state index < -0.39 is 0 Å². The summed E-state index contributed by atoms with van der Waals surface area (Å²) in [5.74, 6) is 0.891. The number of aromatic nitrogens is 2. The number of nitrogens with one attached hydrogen (secondary N) is 1. The van der Waals surface area contributed by atoms with E-state index in [0.717, 1.165) is 31.1 Å². The maximum absolute atomic E-state index is 4.55. The minimum Gasteiger partial charge on any atom is -0.340 e. The first kappa shape index (κ1) is 15.2. The van der Waals surface area contributed by atoms with Crippen molar-refractivity contribution in [1.82, 2.24) is 15.3 Å². The van der Waals surface area contributed by atoms with Crippen LogP contribution in [0.25, 0.3) is 0 Å². The Morgan fingerprint density at radius 2 is 1.90 bits per heavy atom. The zero-order chi connectivity index (χ0) is 14.6. The summed E-state index contributed by atoms with van der Waals surface area (Å²) in [5.41, 5.74) is 1.63. The summed E-state index contributed by atoms with van der Waals surface area (Å²) in [6.45, 7) is 11.9. The van der Waals surface area contributed by atoms with Crippen LogP contribution in [0, 0.1) is 5.41 Å². The standard InChI is InChI=1S/C16H28N4/c1-5-16(6-2)7-8-20(12-16)15-18-10-14(11-19-15)9-17-13(3)4/h10-11,13,17H,5-9,12H2,1-4H3. The first-order valence-electron chi connectivity index (χ1n) is 7.88. The molecule has 20 heavy (non-hydrogen) atoms. The van der Waals surface area contributed by atoms with Gasteiger partial charge in [-0.2, -0.15) is 0 Å². The molecule has 1 fully saturated rings. The Hall–Kier alpha value is -1.16. The molecule has 4 nitrogen and oxygen atoms in total. The summed E-state index contributed by atoms with van der Waals surface area (Å²) in [4.78, 5) is 11.4. The lowest BCUT2D eigenvalue weighted by molar-refractivity contribution is 0.301. The molecule has 2 heterocycles. The van der Waals surface area contributed by atoms with Gasteiger partial charge in [0.1, 0.15) is 0 Å². The van der Waals surface area contributed by atoms with Crippen LogP contribution in [0.15, 0.2) is 12.4 Å². The van der Waals surface area contributed by atoms with Gasteiger partial charge in [0, 0.05) is 43.6 Å². The van der Waals surface area contributed by atoms with Crippen LogP contribution in [0.1, 0.15) is 52.5 Å². The summed E-state index contributed by atoms with van der Waals surface area (Å²) < 4.78 is 0. The van der Waals surface area contributed by atoms with Gasteiger partial charge < -0.3 is 10.2 Å². The molecular weight excluding hydrogens is 248 g/mol. The molecule has 1 saturated heterocycles. The Balaban J connectivity index is 1.97. The number of anilines is 1. The lowest BCUT2D eigenvalue weighted by Gasteiger charge is -2.26. The third-order valence-corrected chi connectivity index (χ3v) is 4.63. The van der Waals surface area contributed by atoms with E-state index in [2.05, 4.69) is 47.9 Å². The molecule has 1 aromatic rings. The molecule has 0 radical (unpaired) electrons. The SMILES string of the molecule is CCC1(CC)CCN(c2ncc(CNC(C)C)cn2)C1. The van der Waals surface area contributed by atoms with Crippen molar-refractivity contribution in [2.24, 2.45) is 5.41 Å². The lowest BCUT2D eigenvalue weighted by Crippen LogP contribution is -2.27. The zero-order valence-corrected chi connectivity index (χ0v) is 13.3. The lowest BCUT2D eigenvalue weighted by atomic mass is 9.82. The van der Waals surface area contributed by atoms with Crippen molar-refractivity contribution in [2.75, 3.05) is 18.0 Å². The van der Waals surface area contributed by atoms with Crippen LogP contribution >= 0.6 is 0 Å². The quantitative estimate of drug-likeness (QED) is 0.867. The van der Waals surface area contributed by atoms with Crippen molar-refractivity contribution in [3.63, 3.8) is 0 Å². The molecule has 0 spiro atoms. The van der Waals surface area contributed by atoms with Crippen molar-refractivity contribution in [1.29, 1.82) is 0 Å². The molecule has 112 valence electrons. The van der Waals surface area contributed by atoms with Gasteiger partial charge in [0.05, 0.1) is 0 Å². The molecule has 1 aliphatic heterocycles. The number of hydrogen-bond donors (Lipinski definition) is 1. The third kappa shape index (κ3) is 3.48. The van der Waals surface area contributed by atoms with E-state index in [1.807, 2.05) is 12.4 Å². The Bertz CT molecular complexity index is 409. The highest BCUT2D eigenvalue weighted by molar-refractivity contribution is 5.32. The average molecular weight is 276 g/mol. The van der Waals surface area contributed by atoms with E-state index in [0.29, 0.717) is 11.5 Å². The second-order valence-corrected chi connectivity index (χ2v) is 6.31. The molecule has 0 aliphatic carbocycles. The molecule has 4 heteroatoms. The summed E-state index contributed by atoms with van der Waals surface area (Å²) in [6, 6.07) is 0.489. The van der Waals surface area contributed by atoms with Gasteiger partial charge in [-0.05, 0) is 24.7 Å². The van der Waals surface area contributed by atoms with Gasteiger partial charge in [-0.3, -0.25) is 0 Å². The smallest absolute Gasteiger partial charge is 0.225 e. The predicted octanol–water partition coefficient (Wildman–Crippen LogP) is 2.99. The second-order valence-electron chi connectivity index (χ2n) is 6.31. The van der Waals surface area contributed by atoms with Crippen LogP contribution in [0.3, 0.4) is 0 Å². The minimum atomic E-state index is 0.473. The maximum Gasteiger partial charge on any atom is 0.225 e. The van der Waals surface area contributed by atoms with Gasteiger partial charge in [-0.25, -0.2) is 9.97 Å². The number of hydrogen-bond acceptors (Lipinski definition) is 4. The number of nitrogens with zero attached hydrogens (tertiary/aromatic N) is 3. The third-order valence-electron chi connectivity index (χ3n) is 4.63. The molecule has 0 aromatic carbocycles. The molecular formula is C16H28N4. The van der Waals surface area contributed by atoms with E-state index in [1.165, 1.54) is 19.3 Å². The van der Waals surface area contributed by atoms with Crippen molar-refractivity contribution < 1.29 is 0 Å². The van der Waals surface area contributed by atoms with Crippen molar-refractivity contribution in [3.05, 3.63) is 18.0 Å². The van der Waals surface area contributed by atoms with Crippen LogP contribution in [0.5, 0.6) is 0 Å². The first-order chi connectivity index (χ1) is 9.58. The Morgan fingerprint density at radius 3 is 2.40 bits per heavy atom. The summed E-state index contributed by atoms with van der Waals surface area (Å²) in [7, 11) is 0. The van der Waals surface area contributed by atoms with Gasteiger partial charge in [0.2, 0.25) is 5.95 Å². The van der Waals surface area contributed by atoms with Gasteiger partial charge in [0.15, 0.2) is 0 Å². The molecule has 1 aliphatic rings. The molecule has 0 amide bonds. The topological polar surface area (TPSA) is 41.1 Å². The molecule has 2 rings (SSSR count). The van der Waals surface area contributed by atoms with E-state index in [-0.39, 0.29) is 0 Å². The van der Waals surface area contributed by atoms with E-state index in [4.69, 9.17) is 0 Å². The molecule has 1 N–H and O–H groups in total. The van der Waals surface area contributed by atoms with E-state index >= 15 is 0 Å². The van der Waals surface area contributed by atoms with Gasteiger partial charge in [-0.15, -0.1) is 0 Å². The monoisotopic (exact) mass is 276 g/mol. The van der Waals surface area contributed by atoms with Crippen molar-refractivity contribution >= 4 is 5.95 Å². The van der Waals surface area contributed by atoms with Crippen LogP contribution < -0.4 is 10.2 Å². The second kappa shape index (κ2) is 6.53. The highest BCUT2D eigenvalue weighted by atomic mass is 15.3. The minimum absolute atomic E-state index is 0.473. The first-order valence-corrected chi connectivity index (χ1v) is 7.88. The Kier molecular flexibility index (Phi) is 4.97. The summed E-state index contributed by atoms with van der Waals surface area (Å²) in [5, 5.41) is 3.39. The fourth-order valence-corrected chi connectivity index (χ4v) is 2.86. The molecule has 0 unspecified atom stereocenters. The molecule has 0 bridgehead atoms. The summed E-state index contributed by atoms with van der Waals surface area (Å²) >= 11 is 0. The maximum atomic E-state index is 4.55. The normalized spacial score (nSPS) is 17.9. The molecule has 1 aromatic heterocycles. The number of rotatable bonds is 6. The highest BCUT2D eigenvalue weighted by Gasteiger charge is 2.35. The highest BCUT2D eigenvalue weighted by Crippen LogP contribution is 2.37. The molecule has 0 saturated carbocycles. The predicted molar refractivity (Wildman–Crippen MR) is 83.9 cm³/mol. The van der Waals surface area contributed by atoms with Crippen molar-refractivity contribution in [3.8, 4) is 0 Å². The average Bonchev–Trinajstić information content (AvgIpc) is 2.91. The van der Waals surface area contributed by atoms with E-state index in [1.54, 1.807) is 0 Å². The van der Waals surface area contributed by atoms with Crippen LogP contribution in [-0.4, -0.2) is 29.1 Å². The van der Waals surface area contributed by atoms with Gasteiger partial charge >= 0.3 is 0 Å². The van der Waals surface area contributed by atoms with Crippen LogP contribution in [0.4, 0.5) is 5.95 Å². The Morgan fingerprint density at radius 1 is 1.25 bits per heavy atom. The van der Waals surface area contributed by atoms with Crippen LogP contribution in [0.2, 0.25) is 0 Å². The van der Waals surface area contributed by atoms with Crippen molar-refractivity contribution in [2.45, 2.75) is 59.5 Å². The fraction of sp³-hybridized carbons (Fsp3) is 0.750. The Labute approximate surface area is 123 Å². The van der Waals surface area contributed by atoms with Gasteiger partial charge in [0.25, 0.3) is 0 Å². The fourth-order valence-electron chi connectivity index (χ4n) is 2.86. The zero-order valence-electron chi connectivity index (χ0n) is 13.3. The molecule has 0 atom stereocenters. The van der Waals surface area contributed by atoms with Gasteiger partial charge in [-0.1, -0.05) is 27.7 Å².